The lowest BCUT2D eigenvalue weighted by atomic mass is 9.89. The van der Waals surface area contributed by atoms with Gasteiger partial charge in [0.1, 0.15) is 153 Å². The molecule has 37 heteroatoms. The summed E-state index contributed by atoms with van der Waals surface area (Å²) >= 11 is 0. The average Bonchev–Trinajstić information content (AvgIpc) is 1.20. The fraction of sp³-hybridized carbons (Fsp3) is 0.846. The van der Waals surface area contributed by atoms with E-state index in [1.54, 1.807) is 6.92 Å². The predicted molar refractivity (Wildman–Crippen MR) is 282 cm³/mol. The number of ether oxygens (including phenoxy) is 12. The second-order valence-corrected chi connectivity index (χ2v) is 24.0. The summed E-state index contributed by atoms with van der Waals surface area (Å²) < 4.78 is 100. The van der Waals surface area contributed by atoms with E-state index in [0.717, 1.165) is 0 Å². The molecule has 34 atom stereocenters. The van der Waals surface area contributed by atoms with Gasteiger partial charge in [-0.25, -0.2) is 0 Å². The fourth-order valence-electron chi connectivity index (χ4n) is 11.1. The monoisotopic (exact) mass is 1320 g/mol. The highest BCUT2D eigenvalue weighted by Gasteiger charge is 2.57. The number of hydrogen-bond acceptors (Lipinski definition) is 36. The topological polar surface area (TPSA) is 579 Å². The highest BCUT2D eigenvalue weighted by atomic mass is 32.2. The summed E-state index contributed by atoms with van der Waals surface area (Å²) in [4.78, 5) is -0.398. The molecule has 0 bridgehead atoms. The summed E-state index contributed by atoms with van der Waals surface area (Å²) in [5.41, 5.74) is 0.643. The molecule has 21 N–H and O–H groups in total. The molecule has 0 aliphatic carbocycles. The van der Waals surface area contributed by atoms with Crippen molar-refractivity contribution in [3.05, 3.63) is 42.5 Å². The molecule has 6 saturated heterocycles. The van der Waals surface area contributed by atoms with E-state index in [4.69, 9.17) is 61.0 Å². The van der Waals surface area contributed by atoms with Gasteiger partial charge in [-0.3, -0.25) is 4.18 Å². The molecule has 7 rings (SSSR count). The van der Waals surface area contributed by atoms with Crippen LogP contribution in [0.3, 0.4) is 0 Å². The summed E-state index contributed by atoms with van der Waals surface area (Å²) in [6.45, 7) is -1.38. The lowest BCUT2D eigenvalue weighted by Gasteiger charge is -2.49. The van der Waals surface area contributed by atoms with Crippen LogP contribution in [0, 0.1) is 12.8 Å². The molecule has 36 nitrogen and oxygen atoms in total. The van der Waals surface area contributed by atoms with Crippen LogP contribution in [0.15, 0.2) is 41.8 Å². The molecule has 6 heterocycles. The minimum Gasteiger partial charge on any atom is -0.394 e. The Labute approximate surface area is 507 Å². The molecule has 0 amide bonds. The quantitative estimate of drug-likeness (QED) is 0.0287. The lowest BCUT2D eigenvalue weighted by molar-refractivity contribution is -0.389. The van der Waals surface area contributed by atoms with E-state index in [-0.39, 0.29) is 0 Å². The van der Waals surface area contributed by atoms with E-state index in [1.165, 1.54) is 37.3 Å². The van der Waals surface area contributed by atoms with Crippen LogP contribution in [0.1, 0.15) is 12.5 Å². The van der Waals surface area contributed by atoms with Crippen LogP contribution in [-0.4, -0.2) is 371 Å². The van der Waals surface area contributed by atoms with Crippen LogP contribution in [0.4, 0.5) is 0 Å². The molecule has 34 unspecified atom stereocenters. The number of aryl methyl sites for hydroxylation is 1. The van der Waals surface area contributed by atoms with Crippen molar-refractivity contribution >= 4 is 10.1 Å². The number of aliphatic hydroxyl groups excluding tert-OH is 21. The maximum atomic E-state index is 13.5. The third-order valence-electron chi connectivity index (χ3n) is 16.3. The van der Waals surface area contributed by atoms with Crippen molar-refractivity contribution in [3.63, 3.8) is 0 Å². The van der Waals surface area contributed by atoms with Crippen molar-refractivity contribution in [2.24, 2.45) is 5.92 Å². The van der Waals surface area contributed by atoms with Crippen LogP contribution in [0.5, 0.6) is 0 Å². The third kappa shape index (κ3) is 16.4. The average molecular weight is 1320 g/mol. The van der Waals surface area contributed by atoms with Gasteiger partial charge >= 0.3 is 0 Å². The van der Waals surface area contributed by atoms with Crippen LogP contribution < -0.4 is 0 Å². The molecule has 0 saturated carbocycles. The molecule has 89 heavy (non-hydrogen) atoms. The molecule has 1 aromatic rings. The molecule has 0 spiro atoms. The van der Waals surface area contributed by atoms with Gasteiger partial charge in [-0.2, -0.15) is 8.42 Å². The van der Waals surface area contributed by atoms with Crippen molar-refractivity contribution in [3.8, 4) is 0 Å². The first-order chi connectivity index (χ1) is 42.1. The Bertz CT molecular complexity index is 2410. The summed E-state index contributed by atoms with van der Waals surface area (Å²) in [5, 5.41) is 228. The van der Waals surface area contributed by atoms with Crippen molar-refractivity contribution in [1.29, 1.82) is 0 Å². The number of benzene rings is 1. The van der Waals surface area contributed by atoms with Gasteiger partial charge in [0, 0.05) is 5.92 Å². The highest BCUT2D eigenvalue weighted by Crippen LogP contribution is 2.37. The highest BCUT2D eigenvalue weighted by molar-refractivity contribution is 7.86. The van der Waals surface area contributed by atoms with Gasteiger partial charge in [-0.05, 0) is 26.0 Å². The number of rotatable bonds is 27. The maximum Gasteiger partial charge on any atom is 0.297 e. The predicted octanol–water partition coefficient (Wildman–Crippen LogP) is -12.4. The number of hydrogen-bond donors (Lipinski definition) is 21. The molecule has 1 aromatic carbocycles. The van der Waals surface area contributed by atoms with Crippen LogP contribution in [0.2, 0.25) is 0 Å². The molecule has 0 aromatic heterocycles. The van der Waals surface area contributed by atoms with Gasteiger partial charge in [-0.1, -0.05) is 23.8 Å². The van der Waals surface area contributed by atoms with Gasteiger partial charge in [0.05, 0.1) is 76.1 Å². The van der Waals surface area contributed by atoms with Crippen molar-refractivity contribution < 1.29 is 177 Å². The SMILES string of the molecule is C=CC1C(CO)OC(OC2C(CO)OC(OC3C(CO)OC(OC4C(COS(=O)(=O)c5ccc(C)cc5)OC(OC(C(O)CO)C(O)C(O)COC5C(CO)OC(OC6C(CO)OC(C)C(O)C6O)C(O)C5O)C(O)C4O)C(O)C3O)C(O)C2O)C(O)C1O. The Hall–Kier alpha value is -2.45. The van der Waals surface area contributed by atoms with E-state index < -0.39 is 276 Å². The van der Waals surface area contributed by atoms with E-state index in [9.17, 15) is 116 Å². The van der Waals surface area contributed by atoms with E-state index in [0.29, 0.717) is 5.56 Å². The second-order valence-electron chi connectivity index (χ2n) is 22.4. The smallest absolute Gasteiger partial charge is 0.297 e. The molecule has 514 valence electrons. The van der Waals surface area contributed by atoms with Gasteiger partial charge in [0.15, 0.2) is 31.5 Å². The van der Waals surface area contributed by atoms with Gasteiger partial charge in [0.25, 0.3) is 10.1 Å². The van der Waals surface area contributed by atoms with Crippen molar-refractivity contribution in [1.82, 2.24) is 0 Å². The fourth-order valence-corrected chi connectivity index (χ4v) is 12.0. The van der Waals surface area contributed by atoms with Crippen LogP contribution in [-0.2, 0) is 71.1 Å². The summed E-state index contributed by atoms with van der Waals surface area (Å²) in [5.74, 6) is -0.965. The first-order valence-electron chi connectivity index (χ1n) is 28.4. The Morgan fingerprint density at radius 2 is 0.854 bits per heavy atom. The molecular weight excluding hydrogens is 1230 g/mol. The minimum absolute atomic E-state index is 0.398. The molecule has 6 fully saturated rings. The van der Waals surface area contributed by atoms with E-state index in [2.05, 4.69) is 6.58 Å². The summed E-state index contributed by atoms with van der Waals surface area (Å²) in [6.07, 6.45) is -62.2. The lowest BCUT2D eigenvalue weighted by Crippen LogP contribution is -2.67. The van der Waals surface area contributed by atoms with Gasteiger partial charge < -0.3 is 164 Å². The van der Waals surface area contributed by atoms with Crippen LogP contribution in [0.25, 0.3) is 0 Å². The zero-order valence-electron chi connectivity index (χ0n) is 47.8. The number of aliphatic hydroxyl groups is 21. The summed E-state index contributed by atoms with van der Waals surface area (Å²) in [7, 11) is -4.75. The molecule has 6 aliphatic rings. The normalized spacial score (nSPS) is 44.7. The Kier molecular flexibility index (Phi) is 26.9. The van der Waals surface area contributed by atoms with E-state index in [1.807, 2.05) is 0 Å². The van der Waals surface area contributed by atoms with Gasteiger partial charge in [0.2, 0.25) is 0 Å². The van der Waals surface area contributed by atoms with Gasteiger partial charge in [-0.15, -0.1) is 6.58 Å². The largest absolute Gasteiger partial charge is 0.394 e. The maximum absolute atomic E-state index is 13.5. The molecular formula is C52H84O36S. The van der Waals surface area contributed by atoms with E-state index >= 15 is 0 Å². The first kappa shape index (κ1) is 74.0. The second kappa shape index (κ2) is 32.3. The first-order valence-corrected chi connectivity index (χ1v) is 29.8. The Morgan fingerprint density at radius 3 is 1.29 bits per heavy atom. The van der Waals surface area contributed by atoms with Crippen LogP contribution >= 0.6 is 0 Å². The van der Waals surface area contributed by atoms with Crippen molar-refractivity contribution in [2.75, 3.05) is 52.9 Å². The standard InChI is InChI=1S/C52H84O36S/c1-4-20-23(10-54)79-48(37(69)30(20)62)86-45-26(13-57)81-50(39(71)34(45)66)87-46-27(14-58)82-51(40(72)35(46)67)88-47-28(16-77-89(74,75)19-7-5-17(2)6-8-19)83-52(41(73)36(47)68)84-42(21(59)9-53)31(63)22(60)15-76-43-24(11-55)80-49(38(70)33(43)65)85-44-25(12-56)78-18(3)29(61)32(44)64/h4-8,18,20-73H,1,9-16H2,2-3H3. The minimum atomic E-state index is -4.75. The Morgan fingerprint density at radius 1 is 0.483 bits per heavy atom. The molecule has 6 aliphatic heterocycles. The molecule has 0 radical (unpaired) electrons. The van der Waals surface area contributed by atoms with Crippen molar-refractivity contribution in [2.45, 2.75) is 221 Å². The third-order valence-corrected chi connectivity index (χ3v) is 17.6. The zero-order valence-corrected chi connectivity index (χ0v) is 48.6. The summed E-state index contributed by atoms with van der Waals surface area (Å²) in [6, 6.07) is 5.20. The Balaban J connectivity index is 1.04. The zero-order chi connectivity index (χ0) is 65.7.